The van der Waals surface area contributed by atoms with Gasteiger partial charge in [-0.15, -0.1) is 0 Å². The third-order valence-electron chi connectivity index (χ3n) is 4.56. The van der Waals surface area contributed by atoms with Crippen molar-refractivity contribution in [1.29, 1.82) is 0 Å². The van der Waals surface area contributed by atoms with Gasteiger partial charge < -0.3 is 14.9 Å². The molecule has 0 bridgehead atoms. The van der Waals surface area contributed by atoms with Crippen LogP contribution in [0.2, 0.25) is 0 Å². The Morgan fingerprint density at radius 2 is 2.19 bits per heavy atom. The number of nitrogens with zero attached hydrogens (tertiary/aromatic N) is 1. The van der Waals surface area contributed by atoms with Crippen LogP contribution >= 0.6 is 0 Å². The molecule has 0 radical (unpaired) electrons. The largest absolute Gasteiger partial charge is 0.504 e. The molecule has 1 aliphatic rings. The first kappa shape index (κ1) is 15.6. The van der Waals surface area contributed by atoms with Gasteiger partial charge >= 0.3 is 5.97 Å². The molecular weight excluding hydrogens is 270 g/mol. The van der Waals surface area contributed by atoms with E-state index in [1.165, 1.54) is 7.11 Å². The summed E-state index contributed by atoms with van der Waals surface area (Å²) in [5.41, 5.74) is 0.298. The second kappa shape index (κ2) is 5.93. The molecule has 1 fully saturated rings. The number of phenolic OH excluding ortho intramolecular Hbond substituents is 1. The number of benzene rings is 1. The summed E-state index contributed by atoms with van der Waals surface area (Å²) >= 11 is 0. The van der Waals surface area contributed by atoms with Crippen molar-refractivity contribution in [3.63, 3.8) is 0 Å². The van der Waals surface area contributed by atoms with Gasteiger partial charge in [0.15, 0.2) is 11.5 Å². The molecule has 1 aromatic rings. The molecule has 1 aromatic carbocycles. The van der Waals surface area contributed by atoms with Crippen LogP contribution in [0.4, 0.5) is 0 Å². The zero-order valence-electron chi connectivity index (χ0n) is 12.8. The molecule has 5 nitrogen and oxygen atoms in total. The lowest BCUT2D eigenvalue weighted by Gasteiger charge is -2.28. The van der Waals surface area contributed by atoms with Crippen LogP contribution in [0.1, 0.15) is 25.8 Å². The first-order valence-corrected chi connectivity index (χ1v) is 7.20. The molecule has 1 aliphatic heterocycles. The van der Waals surface area contributed by atoms with E-state index in [0.717, 1.165) is 12.1 Å². The van der Waals surface area contributed by atoms with Gasteiger partial charge in [0, 0.05) is 13.1 Å². The lowest BCUT2D eigenvalue weighted by Crippen LogP contribution is -2.39. The van der Waals surface area contributed by atoms with Gasteiger partial charge in [0.25, 0.3) is 0 Å². The molecule has 2 N–H and O–H groups in total. The molecule has 1 atom stereocenters. The van der Waals surface area contributed by atoms with E-state index in [4.69, 9.17) is 4.74 Å². The van der Waals surface area contributed by atoms with Crippen molar-refractivity contribution in [2.45, 2.75) is 26.8 Å². The SMILES string of the molecule is COc1ccc(CN2CCC(C(=O)O)(C(C)C)C2)cc1O. The van der Waals surface area contributed by atoms with E-state index < -0.39 is 11.4 Å². The summed E-state index contributed by atoms with van der Waals surface area (Å²) in [7, 11) is 1.51. The van der Waals surface area contributed by atoms with Gasteiger partial charge in [0.1, 0.15) is 0 Å². The van der Waals surface area contributed by atoms with E-state index in [1.54, 1.807) is 12.1 Å². The predicted octanol–water partition coefficient (Wildman–Crippen LogP) is 2.33. The Balaban J connectivity index is 2.09. The quantitative estimate of drug-likeness (QED) is 0.872. The molecule has 0 saturated carbocycles. The highest BCUT2D eigenvalue weighted by molar-refractivity contribution is 5.75. The summed E-state index contributed by atoms with van der Waals surface area (Å²) in [6.45, 7) is 5.89. The highest BCUT2D eigenvalue weighted by Crippen LogP contribution is 2.39. The minimum atomic E-state index is -0.711. The Labute approximate surface area is 125 Å². The Kier molecular flexibility index (Phi) is 4.42. The van der Waals surface area contributed by atoms with Gasteiger partial charge in [-0.25, -0.2) is 0 Å². The van der Waals surface area contributed by atoms with E-state index in [9.17, 15) is 15.0 Å². The van der Waals surface area contributed by atoms with Crippen molar-refractivity contribution in [2.24, 2.45) is 11.3 Å². The summed E-state index contributed by atoms with van der Waals surface area (Å²) in [4.78, 5) is 13.8. The maximum Gasteiger partial charge on any atom is 0.311 e. The van der Waals surface area contributed by atoms with E-state index in [1.807, 2.05) is 19.9 Å². The van der Waals surface area contributed by atoms with Crippen LogP contribution in [-0.4, -0.2) is 41.3 Å². The smallest absolute Gasteiger partial charge is 0.311 e. The fourth-order valence-corrected chi connectivity index (χ4v) is 3.03. The maximum atomic E-state index is 11.6. The van der Waals surface area contributed by atoms with Crippen LogP contribution in [0.3, 0.4) is 0 Å². The van der Waals surface area contributed by atoms with Crippen molar-refractivity contribution in [2.75, 3.05) is 20.2 Å². The lowest BCUT2D eigenvalue weighted by molar-refractivity contribution is -0.151. The number of likely N-dealkylation sites (tertiary alicyclic amines) is 1. The predicted molar refractivity (Wildman–Crippen MR) is 79.5 cm³/mol. The van der Waals surface area contributed by atoms with Crippen molar-refractivity contribution in [3.8, 4) is 11.5 Å². The van der Waals surface area contributed by atoms with Gasteiger partial charge in [-0.3, -0.25) is 9.69 Å². The molecule has 0 aromatic heterocycles. The minimum Gasteiger partial charge on any atom is -0.504 e. The van der Waals surface area contributed by atoms with E-state index in [-0.39, 0.29) is 11.7 Å². The average Bonchev–Trinajstić information content (AvgIpc) is 2.84. The Morgan fingerprint density at radius 1 is 1.48 bits per heavy atom. The highest BCUT2D eigenvalue weighted by Gasteiger charge is 2.47. The van der Waals surface area contributed by atoms with Gasteiger partial charge in [0.05, 0.1) is 12.5 Å². The van der Waals surface area contributed by atoms with E-state index in [2.05, 4.69) is 4.90 Å². The summed E-state index contributed by atoms with van der Waals surface area (Å²) in [5, 5.41) is 19.4. The third-order valence-corrected chi connectivity index (χ3v) is 4.56. The second-order valence-corrected chi connectivity index (χ2v) is 6.08. The summed E-state index contributed by atoms with van der Waals surface area (Å²) < 4.78 is 5.02. The number of phenols is 1. The number of ether oxygens (including phenoxy) is 1. The molecule has 0 amide bonds. The molecule has 21 heavy (non-hydrogen) atoms. The monoisotopic (exact) mass is 293 g/mol. The second-order valence-electron chi connectivity index (χ2n) is 6.08. The van der Waals surface area contributed by atoms with Crippen LogP contribution in [0.25, 0.3) is 0 Å². The zero-order chi connectivity index (χ0) is 15.6. The fourth-order valence-electron chi connectivity index (χ4n) is 3.03. The Morgan fingerprint density at radius 3 is 2.67 bits per heavy atom. The summed E-state index contributed by atoms with van der Waals surface area (Å²) in [5.74, 6) is -0.0494. The van der Waals surface area contributed by atoms with Crippen molar-refractivity contribution in [3.05, 3.63) is 23.8 Å². The first-order chi connectivity index (χ1) is 9.89. The molecule has 0 aliphatic carbocycles. The van der Waals surface area contributed by atoms with E-state index >= 15 is 0 Å². The van der Waals surface area contributed by atoms with Gasteiger partial charge in [-0.1, -0.05) is 19.9 Å². The number of carboxylic acid groups (broad SMARTS) is 1. The fraction of sp³-hybridized carbons (Fsp3) is 0.562. The number of hydrogen-bond donors (Lipinski definition) is 2. The number of hydrogen-bond acceptors (Lipinski definition) is 4. The molecule has 2 rings (SSSR count). The van der Waals surface area contributed by atoms with Crippen molar-refractivity contribution >= 4 is 5.97 Å². The standard InChI is InChI=1S/C16H23NO4/c1-11(2)16(15(19)20)6-7-17(10-16)9-12-4-5-14(21-3)13(18)8-12/h4-5,8,11,18H,6-7,9-10H2,1-3H3,(H,19,20). The van der Waals surface area contributed by atoms with Gasteiger partial charge in [-0.05, 0) is 36.6 Å². The van der Waals surface area contributed by atoms with E-state index in [0.29, 0.717) is 25.3 Å². The number of aromatic hydroxyl groups is 1. The molecule has 5 heteroatoms. The van der Waals surface area contributed by atoms with Gasteiger partial charge in [-0.2, -0.15) is 0 Å². The molecule has 1 unspecified atom stereocenters. The van der Waals surface area contributed by atoms with Crippen LogP contribution in [0, 0.1) is 11.3 Å². The molecular formula is C16H23NO4. The Bertz CT molecular complexity index is 529. The normalized spacial score (nSPS) is 22.7. The lowest BCUT2D eigenvalue weighted by atomic mass is 9.76. The topological polar surface area (TPSA) is 70.0 Å². The summed E-state index contributed by atoms with van der Waals surface area (Å²) in [6.07, 6.45) is 0.669. The van der Waals surface area contributed by atoms with Crippen molar-refractivity contribution in [1.82, 2.24) is 4.90 Å². The summed E-state index contributed by atoms with van der Waals surface area (Å²) in [6, 6.07) is 5.30. The maximum absolute atomic E-state index is 11.6. The highest BCUT2D eigenvalue weighted by atomic mass is 16.5. The molecule has 1 saturated heterocycles. The zero-order valence-corrected chi connectivity index (χ0v) is 12.8. The number of methoxy groups -OCH3 is 1. The van der Waals surface area contributed by atoms with Gasteiger partial charge in [0.2, 0.25) is 0 Å². The first-order valence-electron chi connectivity index (χ1n) is 7.20. The number of carboxylic acids is 1. The van der Waals surface area contributed by atoms with Crippen LogP contribution < -0.4 is 4.74 Å². The third kappa shape index (κ3) is 2.97. The average molecular weight is 293 g/mol. The number of carbonyl (C=O) groups is 1. The molecule has 0 spiro atoms. The Hall–Kier alpha value is -1.75. The van der Waals surface area contributed by atoms with Crippen molar-refractivity contribution < 1.29 is 19.7 Å². The minimum absolute atomic E-state index is 0.101. The number of aliphatic carboxylic acids is 1. The molecule has 116 valence electrons. The number of rotatable bonds is 5. The van der Waals surface area contributed by atoms with Crippen LogP contribution in [0.15, 0.2) is 18.2 Å². The molecule has 1 heterocycles. The van der Waals surface area contributed by atoms with Crippen LogP contribution in [0.5, 0.6) is 11.5 Å². The van der Waals surface area contributed by atoms with Crippen LogP contribution in [-0.2, 0) is 11.3 Å².